The van der Waals surface area contributed by atoms with Gasteiger partial charge in [-0.25, -0.2) is 13.1 Å². The highest BCUT2D eigenvalue weighted by molar-refractivity contribution is 7.89. The second-order valence-electron chi connectivity index (χ2n) is 7.67. The first-order valence-electron chi connectivity index (χ1n) is 9.37. The van der Waals surface area contributed by atoms with Crippen LogP contribution in [0.2, 0.25) is 0 Å². The van der Waals surface area contributed by atoms with E-state index in [-0.39, 0.29) is 28.1 Å². The number of rotatable bonds is 4. The molecule has 0 bridgehead atoms. The molecule has 0 N–H and O–H groups in total. The van der Waals surface area contributed by atoms with Crippen molar-refractivity contribution in [3.8, 4) is 5.69 Å². The average Bonchev–Trinajstić information content (AvgIpc) is 3.10. The van der Waals surface area contributed by atoms with E-state index in [4.69, 9.17) is 0 Å². The number of fused-ring (bicyclic) bond motifs is 1. The van der Waals surface area contributed by atoms with Crippen molar-refractivity contribution in [1.29, 1.82) is 0 Å². The summed E-state index contributed by atoms with van der Waals surface area (Å²) in [7, 11) is -3.83. The second-order valence-corrected chi connectivity index (χ2v) is 9.60. The molecule has 1 fully saturated rings. The highest BCUT2D eigenvalue weighted by atomic mass is 32.2. The van der Waals surface area contributed by atoms with Crippen LogP contribution in [0, 0.1) is 22.0 Å². The van der Waals surface area contributed by atoms with E-state index in [1.165, 1.54) is 21.1 Å². The van der Waals surface area contributed by atoms with Crippen molar-refractivity contribution in [3.05, 3.63) is 52.6 Å². The number of piperidine rings is 1. The summed E-state index contributed by atoms with van der Waals surface area (Å²) in [6, 6.07) is 11.0. The number of para-hydroxylation sites is 1. The highest BCUT2D eigenvalue weighted by Crippen LogP contribution is 2.31. The van der Waals surface area contributed by atoms with Crippen LogP contribution < -0.4 is 0 Å². The quantitative estimate of drug-likeness (QED) is 0.478. The molecule has 1 aromatic heterocycles. The number of hydrogen-bond acceptors (Lipinski definition) is 6. The van der Waals surface area contributed by atoms with Gasteiger partial charge >= 0.3 is 0 Å². The Morgan fingerprint density at radius 3 is 2.48 bits per heavy atom. The Labute approximate surface area is 168 Å². The average molecular weight is 415 g/mol. The molecule has 2 heterocycles. The highest BCUT2D eigenvalue weighted by Gasteiger charge is 2.33. The van der Waals surface area contributed by atoms with Crippen molar-refractivity contribution in [1.82, 2.24) is 19.3 Å². The molecular weight excluding hydrogens is 394 g/mol. The topological polar surface area (TPSA) is 111 Å². The zero-order chi connectivity index (χ0) is 20.8. The smallest absolute Gasteiger partial charge is 0.258 e. The standard InChI is InChI=1S/C19H21N5O4S/c1-13-9-14(2)12-22(11-13)29(27,28)15-7-8-18(19(10-15)24(25)26)23-17-6-4-3-5-16(17)20-21-23/h3-8,10,13-14H,9,11-12H2,1-2H3/t13-,14+. The van der Waals surface area contributed by atoms with Gasteiger partial charge in [0.05, 0.1) is 15.3 Å². The maximum absolute atomic E-state index is 13.1. The minimum atomic E-state index is -3.83. The van der Waals surface area contributed by atoms with Crippen LogP contribution in [0.3, 0.4) is 0 Å². The molecule has 1 saturated heterocycles. The van der Waals surface area contributed by atoms with E-state index in [1.54, 1.807) is 24.3 Å². The van der Waals surface area contributed by atoms with E-state index in [9.17, 15) is 18.5 Å². The van der Waals surface area contributed by atoms with Gasteiger partial charge in [-0.2, -0.15) is 4.31 Å². The lowest BCUT2D eigenvalue weighted by Gasteiger charge is -2.34. The normalized spacial score (nSPS) is 20.8. The summed E-state index contributed by atoms with van der Waals surface area (Å²) in [6.45, 7) is 4.85. The fourth-order valence-corrected chi connectivity index (χ4v) is 5.69. The molecule has 152 valence electrons. The Balaban J connectivity index is 1.80. The molecule has 2 aromatic carbocycles. The van der Waals surface area contributed by atoms with E-state index in [0.717, 1.165) is 12.5 Å². The first kappa shape index (κ1) is 19.5. The monoisotopic (exact) mass is 415 g/mol. The van der Waals surface area contributed by atoms with Gasteiger partial charge in [-0.3, -0.25) is 10.1 Å². The number of nitrogens with zero attached hydrogens (tertiary/aromatic N) is 5. The summed E-state index contributed by atoms with van der Waals surface area (Å²) >= 11 is 0. The van der Waals surface area contributed by atoms with Crippen molar-refractivity contribution < 1.29 is 13.3 Å². The van der Waals surface area contributed by atoms with Crippen LogP contribution in [0.4, 0.5) is 5.69 Å². The number of benzene rings is 2. The van der Waals surface area contributed by atoms with E-state index >= 15 is 0 Å². The van der Waals surface area contributed by atoms with Crippen molar-refractivity contribution in [3.63, 3.8) is 0 Å². The lowest BCUT2D eigenvalue weighted by molar-refractivity contribution is -0.384. The number of hydrogen-bond donors (Lipinski definition) is 0. The summed E-state index contributed by atoms with van der Waals surface area (Å²) < 4.78 is 29.0. The second kappa shape index (κ2) is 7.20. The van der Waals surface area contributed by atoms with Gasteiger partial charge in [0.1, 0.15) is 11.2 Å². The molecule has 0 saturated carbocycles. The maximum atomic E-state index is 13.1. The molecule has 0 aliphatic carbocycles. The maximum Gasteiger partial charge on any atom is 0.296 e. The van der Waals surface area contributed by atoms with Crippen LogP contribution in [0.15, 0.2) is 47.4 Å². The van der Waals surface area contributed by atoms with E-state index in [2.05, 4.69) is 10.3 Å². The number of aromatic nitrogens is 3. The summed E-state index contributed by atoms with van der Waals surface area (Å²) in [6.07, 6.45) is 0.963. The Morgan fingerprint density at radius 1 is 1.10 bits per heavy atom. The third-order valence-electron chi connectivity index (χ3n) is 5.20. The molecule has 1 aliphatic heterocycles. The number of nitro groups is 1. The van der Waals surface area contributed by atoms with Crippen molar-refractivity contribution in [2.45, 2.75) is 25.2 Å². The first-order valence-corrected chi connectivity index (χ1v) is 10.8. The Bertz CT molecular complexity index is 1180. The molecule has 3 aromatic rings. The Morgan fingerprint density at radius 2 is 1.79 bits per heavy atom. The summed E-state index contributed by atoms with van der Waals surface area (Å²) in [5.74, 6) is 0.480. The fraction of sp³-hybridized carbons (Fsp3) is 0.368. The molecular formula is C19H21N5O4S. The molecule has 29 heavy (non-hydrogen) atoms. The lowest BCUT2D eigenvalue weighted by Crippen LogP contribution is -2.42. The number of nitro benzene ring substituents is 1. The van der Waals surface area contributed by atoms with Crippen LogP contribution in [0.1, 0.15) is 20.3 Å². The molecule has 10 heteroatoms. The molecule has 2 atom stereocenters. The van der Waals surface area contributed by atoms with Crippen molar-refractivity contribution in [2.24, 2.45) is 11.8 Å². The molecule has 0 amide bonds. The van der Waals surface area contributed by atoms with Gasteiger partial charge in [-0.15, -0.1) is 5.10 Å². The summed E-state index contributed by atoms with van der Waals surface area (Å²) in [5, 5.41) is 19.8. The molecule has 0 unspecified atom stereocenters. The Kier molecular flexibility index (Phi) is 4.83. The predicted octanol–water partition coefficient (Wildman–Crippen LogP) is 3.00. The predicted molar refractivity (Wildman–Crippen MR) is 107 cm³/mol. The zero-order valence-electron chi connectivity index (χ0n) is 16.1. The fourth-order valence-electron chi connectivity index (χ4n) is 3.99. The van der Waals surface area contributed by atoms with Gasteiger partial charge in [0.25, 0.3) is 5.69 Å². The SMILES string of the molecule is C[C@@H]1C[C@H](C)CN(S(=O)(=O)c2ccc(-n3nnc4ccccc43)c([N+](=O)[O-])c2)C1. The zero-order valence-corrected chi connectivity index (χ0v) is 16.9. The van der Waals surface area contributed by atoms with Gasteiger partial charge < -0.3 is 0 Å². The van der Waals surface area contributed by atoms with Crippen molar-refractivity contribution >= 4 is 26.7 Å². The molecule has 4 rings (SSSR count). The minimum absolute atomic E-state index is 0.0846. The van der Waals surface area contributed by atoms with Gasteiger partial charge in [-0.05, 0) is 42.5 Å². The van der Waals surface area contributed by atoms with E-state index < -0.39 is 14.9 Å². The van der Waals surface area contributed by atoms with Gasteiger partial charge in [0.2, 0.25) is 10.0 Å². The lowest BCUT2D eigenvalue weighted by atomic mass is 9.94. The first-order chi connectivity index (χ1) is 13.8. The largest absolute Gasteiger partial charge is 0.296 e. The van der Waals surface area contributed by atoms with Crippen LogP contribution >= 0.6 is 0 Å². The summed E-state index contributed by atoms with van der Waals surface area (Å²) in [5.41, 5.74) is 1.03. The molecule has 9 nitrogen and oxygen atoms in total. The molecule has 0 spiro atoms. The van der Waals surface area contributed by atoms with Gasteiger partial charge in [-0.1, -0.05) is 31.2 Å². The van der Waals surface area contributed by atoms with Crippen LogP contribution in [0.25, 0.3) is 16.7 Å². The third-order valence-corrected chi connectivity index (χ3v) is 7.02. The number of sulfonamides is 1. The minimum Gasteiger partial charge on any atom is -0.258 e. The van der Waals surface area contributed by atoms with E-state index in [0.29, 0.717) is 24.1 Å². The molecule has 1 aliphatic rings. The van der Waals surface area contributed by atoms with Gasteiger partial charge in [0, 0.05) is 19.2 Å². The van der Waals surface area contributed by atoms with Crippen LogP contribution in [-0.4, -0.2) is 45.7 Å². The Hall–Kier alpha value is -2.85. The molecule has 0 radical (unpaired) electrons. The summed E-state index contributed by atoms with van der Waals surface area (Å²) in [4.78, 5) is 11.1. The van der Waals surface area contributed by atoms with Crippen LogP contribution in [-0.2, 0) is 10.0 Å². The van der Waals surface area contributed by atoms with Crippen LogP contribution in [0.5, 0.6) is 0 Å². The van der Waals surface area contributed by atoms with Gasteiger partial charge in [0.15, 0.2) is 0 Å². The van der Waals surface area contributed by atoms with Crippen molar-refractivity contribution in [2.75, 3.05) is 13.1 Å². The van der Waals surface area contributed by atoms with E-state index in [1.807, 2.05) is 13.8 Å². The third kappa shape index (κ3) is 3.49.